The Hall–Kier alpha value is -2.18. The van der Waals surface area contributed by atoms with Crippen LogP contribution in [0, 0.1) is 5.41 Å². The summed E-state index contributed by atoms with van der Waals surface area (Å²) in [6.45, 7) is 7.74. The Kier molecular flexibility index (Phi) is 3.50. The Bertz CT molecular complexity index is 699. The lowest BCUT2D eigenvalue weighted by Crippen LogP contribution is -2.45. The van der Waals surface area contributed by atoms with Gasteiger partial charge in [-0.15, -0.1) is 10.2 Å². The molecule has 7 heteroatoms. The minimum atomic E-state index is -0.408. The molecule has 1 amide bonds. The summed E-state index contributed by atoms with van der Waals surface area (Å²) in [6, 6.07) is 2.08. The van der Waals surface area contributed by atoms with E-state index in [1.54, 1.807) is 10.8 Å². The number of aromatic nitrogens is 4. The third-order valence-electron chi connectivity index (χ3n) is 4.66. The maximum absolute atomic E-state index is 11.6. The van der Waals surface area contributed by atoms with Gasteiger partial charge in [-0.1, -0.05) is 20.8 Å². The fourth-order valence-electron chi connectivity index (χ4n) is 2.83. The van der Waals surface area contributed by atoms with Gasteiger partial charge in [0.05, 0.1) is 11.4 Å². The zero-order valence-corrected chi connectivity index (χ0v) is 13.3. The Labute approximate surface area is 129 Å². The van der Waals surface area contributed by atoms with Crippen LogP contribution in [0.15, 0.2) is 12.4 Å². The van der Waals surface area contributed by atoms with Crippen LogP contribution in [0.25, 0.3) is 5.65 Å². The molecule has 3 heterocycles. The van der Waals surface area contributed by atoms with Crippen molar-refractivity contribution in [3.8, 4) is 0 Å². The van der Waals surface area contributed by atoms with E-state index < -0.39 is 5.41 Å². The molecule has 0 atom stereocenters. The fraction of sp³-hybridized carbons (Fsp3) is 0.600. The SMILES string of the molecule is CC(C)c1cc(N2CCC(C)(C(N)=O)CC2)c2nncn2n1. The van der Waals surface area contributed by atoms with Crippen LogP contribution in [-0.2, 0) is 4.79 Å². The highest BCUT2D eigenvalue weighted by Crippen LogP contribution is 2.34. The molecule has 2 aromatic rings. The van der Waals surface area contributed by atoms with Gasteiger partial charge >= 0.3 is 0 Å². The van der Waals surface area contributed by atoms with Gasteiger partial charge in [-0.25, -0.2) is 0 Å². The highest BCUT2D eigenvalue weighted by molar-refractivity contribution is 5.81. The molecule has 0 saturated carbocycles. The lowest BCUT2D eigenvalue weighted by molar-refractivity contribution is -0.127. The highest BCUT2D eigenvalue weighted by Gasteiger charge is 2.36. The van der Waals surface area contributed by atoms with E-state index in [1.165, 1.54) is 0 Å². The second-order valence-electron chi connectivity index (χ2n) is 6.62. The minimum Gasteiger partial charge on any atom is -0.369 e. The number of piperidine rings is 1. The predicted octanol–water partition coefficient (Wildman–Crippen LogP) is 1.34. The molecule has 3 rings (SSSR count). The maximum atomic E-state index is 11.6. The molecular formula is C15H22N6O. The third-order valence-corrected chi connectivity index (χ3v) is 4.66. The number of anilines is 1. The monoisotopic (exact) mass is 302 g/mol. The van der Waals surface area contributed by atoms with Crippen LogP contribution >= 0.6 is 0 Å². The van der Waals surface area contributed by atoms with Gasteiger partial charge in [0.1, 0.15) is 6.33 Å². The number of rotatable bonds is 3. The molecule has 7 nitrogen and oxygen atoms in total. The quantitative estimate of drug-likeness (QED) is 0.924. The van der Waals surface area contributed by atoms with Gasteiger partial charge in [-0.3, -0.25) is 4.79 Å². The first kappa shape index (κ1) is 14.7. The molecule has 0 bridgehead atoms. The Morgan fingerprint density at radius 3 is 2.64 bits per heavy atom. The van der Waals surface area contributed by atoms with E-state index in [2.05, 4.69) is 40.1 Å². The molecule has 1 aliphatic heterocycles. The van der Waals surface area contributed by atoms with Crippen LogP contribution in [-0.4, -0.2) is 38.8 Å². The second-order valence-corrected chi connectivity index (χ2v) is 6.62. The van der Waals surface area contributed by atoms with E-state index in [9.17, 15) is 4.79 Å². The molecule has 0 aromatic carbocycles. The number of nitrogens with zero attached hydrogens (tertiary/aromatic N) is 5. The molecule has 0 aliphatic carbocycles. The first-order chi connectivity index (χ1) is 10.4. The van der Waals surface area contributed by atoms with Crippen molar-refractivity contribution in [2.75, 3.05) is 18.0 Å². The van der Waals surface area contributed by atoms with E-state index in [0.29, 0.717) is 5.92 Å². The number of hydrogen-bond donors (Lipinski definition) is 1. The molecule has 22 heavy (non-hydrogen) atoms. The smallest absolute Gasteiger partial charge is 0.223 e. The second kappa shape index (κ2) is 5.23. The topological polar surface area (TPSA) is 89.4 Å². The molecule has 118 valence electrons. The Morgan fingerprint density at radius 2 is 2.05 bits per heavy atom. The number of hydrogen-bond acceptors (Lipinski definition) is 5. The van der Waals surface area contributed by atoms with Gasteiger partial charge in [0.25, 0.3) is 0 Å². The fourth-order valence-corrected chi connectivity index (χ4v) is 2.83. The molecule has 1 saturated heterocycles. The van der Waals surface area contributed by atoms with Gasteiger partial charge in [-0.05, 0) is 24.8 Å². The van der Waals surface area contributed by atoms with E-state index in [-0.39, 0.29) is 5.91 Å². The maximum Gasteiger partial charge on any atom is 0.223 e. The molecular weight excluding hydrogens is 280 g/mol. The number of nitrogens with two attached hydrogens (primary N) is 1. The number of fused-ring (bicyclic) bond motifs is 1. The van der Waals surface area contributed by atoms with Crippen molar-refractivity contribution in [3.05, 3.63) is 18.1 Å². The number of amides is 1. The summed E-state index contributed by atoms with van der Waals surface area (Å²) in [4.78, 5) is 13.9. The molecule has 0 radical (unpaired) electrons. The first-order valence-electron chi connectivity index (χ1n) is 7.66. The van der Waals surface area contributed by atoms with E-state index in [1.807, 2.05) is 6.92 Å². The predicted molar refractivity (Wildman–Crippen MR) is 83.6 cm³/mol. The van der Waals surface area contributed by atoms with Crippen molar-refractivity contribution < 1.29 is 4.79 Å². The first-order valence-corrected chi connectivity index (χ1v) is 7.66. The lowest BCUT2D eigenvalue weighted by atomic mass is 9.79. The van der Waals surface area contributed by atoms with Gasteiger partial charge in [-0.2, -0.15) is 9.61 Å². The Morgan fingerprint density at radius 1 is 1.36 bits per heavy atom. The van der Waals surface area contributed by atoms with Gasteiger partial charge in [0, 0.05) is 18.5 Å². The van der Waals surface area contributed by atoms with Crippen LogP contribution in [0.5, 0.6) is 0 Å². The van der Waals surface area contributed by atoms with E-state index in [0.717, 1.165) is 43.0 Å². The van der Waals surface area contributed by atoms with Crippen molar-refractivity contribution in [1.82, 2.24) is 19.8 Å². The van der Waals surface area contributed by atoms with Crippen LogP contribution in [0.1, 0.15) is 45.2 Å². The molecule has 0 unspecified atom stereocenters. The van der Waals surface area contributed by atoms with Crippen LogP contribution in [0.4, 0.5) is 5.69 Å². The zero-order chi connectivity index (χ0) is 15.9. The molecule has 1 aliphatic rings. The normalized spacial score (nSPS) is 18.1. The number of primary amides is 1. The third kappa shape index (κ3) is 2.40. The van der Waals surface area contributed by atoms with Crippen molar-refractivity contribution in [2.45, 2.75) is 39.5 Å². The summed E-state index contributed by atoms with van der Waals surface area (Å²) in [5, 5.41) is 12.7. The molecule has 2 aromatic heterocycles. The number of carbonyl (C=O) groups excluding carboxylic acids is 1. The Balaban J connectivity index is 1.94. The van der Waals surface area contributed by atoms with Crippen LogP contribution < -0.4 is 10.6 Å². The summed E-state index contributed by atoms with van der Waals surface area (Å²) in [6.07, 6.45) is 3.13. The standard InChI is InChI=1S/C15H22N6O/c1-10(2)11-8-12(13-18-17-9-21(13)19-11)20-6-4-15(3,5-7-20)14(16)22/h8-10H,4-7H2,1-3H3,(H2,16,22). The largest absolute Gasteiger partial charge is 0.369 e. The van der Waals surface area contributed by atoms with Gasteiger partial charge < -0.3 is 10.6 Å². The summed E-state index contributed by atoms with van der Waals surface area (Å²) in [7, 11) is 0. The van der Waals surface area contributed by atoms with Crippen LogP contribution in [0.3, 0.4) is 0 Å². The van der Waals surface area contributed by atoms with Crippen molar-refractivity contribution in [2.24, 2.45) is 11.1 Å². The highest BCUT2D eigenvalue weighted by atomic mass is 16.1. The summed E-state index contributed by atoms with van der Waals surface area (Å²) >= 11 is 0. The molecule has 2 N–H and O–H groups in total. The average Bonchev–Trinajstić information content (AvgIpc) is 2.95. The summed E-state index contributed by atoms with van der Waals surface area (Å²) < 4.78 is 1.73. The number of carbonyl (C=O) groups is 1. The summed E-state index contributed by atoms with van der Waals surface area (Å²) in [5.74, 6) is 0.114. The van der Waals surface area contributed by atoms with E-state index in [4.69, 9.17) is 5.73 Å². The average molecular weight is 302 g/mol. The van der Waals surface area contributed by atoms with Crippen molar-refractivity contribution >= 4 is 17.2 Å². The zero-order valence-electron chi connectivity index (χ0n) is 13.3. The molecule has 1 fully saturated rings. The van der Waals surface area contributed by atoms with Crippen molar-refractivity contribution in [3.63, 3.8) is 0 Å². The summed E-state index contributed by atoms with van der Waals surface area (Å²) in [5.41, 5.74) is 7.91. The van der Waals surface area contributed by atoms with Crippen LogP contribution in [0.2, 0.25) is 0 Å². The van der Waals surface area contributed by atoms with E-state index >= 15 is 0 Å². The van der Waals surface area contributed by atoms with Gasteiger partial charge in [0.2, 0.25) is 11.6 Å². The minimum absolute atomic E-state index is 0.211. The molecule has 0 spiro atoms. The van der Waals surface area contributed by atoms with Gasteiger partial charge in [0.15, 0.2) is 0 Å². The lowest BCUT2D eigenvalue weighted by Gasteiger charge is -2.38. The van der Waals surface area contributed by atoms with Crippen molar-refractivity contribution in [1.29, 1.82) is 0 Å².